The largest absolute Gasteiger partial charge is 0.377 e. The van der Waals surface area contributed by atoms with Crippen LogP contribution in [0.5, 0.6) is 0 Å². The van der Waals surface area contributed by atoms with Crippen LogP contribution in [-0.2, 0) is 17.7 Å². The molecule has 0 spiro atoms. The van der Waals surface area contributed by atoms with Crippen molar-refractivity contribution in [2.24, 2.45) is 11.7 Å². The van der Waals surface area contributed by atoms with Crippen LogP contribution in [0, 0.1) is 5.92 Å². The third-order valence-electron chi connectivity index (χ3n) is 4.75. The van der Waals surface area contributed by atoms with Gasteiger partial charge in [-0.05, 0) is 38.5 Å². The molecule has 4 nitrogen and oxygen atoms in total. The van der Waals surface area contributed by atoms with Crippen LogP contribution in [0.3, 0.4) is 0 Å². The Labute approximate surface area is 116 Å². The van der Waals surface area contributed by atoms with E-state index in [1.54, 1.807) is 0 Å². The minimum absolute atomic E-state index is 0.0256. The molecule has 2 rings (SSSR count). The van der Waals surface area contributed by atoms with Gasteiger partial charge in [-0.15, -0.1) is 0 Å². The zero-order chi connectivity index (χ0) is 13.9. The molecule has 0 bridgehead atoms. The molecule has 4 heteroatoms. The second-order valence-corrected chi connectivity index (χ2v) is 5.89. The predicted octanol–water partition coefficient (Wildman–Crippen LogP) is 2.37. The number of hydrogen-bond acceptors (Lipinski definition) is 3. The van der Waals surface area contributed by atoms with E-state index in [-0.39, 0.29) is 11.6 Å². The monoisotopic (exact) mass is 265 g/mol. The summed E-state index contributed by atoms with van der Waals surface area (Å²) in [5.74, 6) is 1.87. The first-order valence-electron chi connectivity index (χ1n) is 7.42. The molecule has 1 fully saturated rings. The quantitative estimate of drug-likeness (QED) is 0.889. The average Bonchev–Trinajstić information content (AvgIpc) is 2.87. The van der Waals surface area contributed by atoms with Crippen molar-refractivity contribution in [3.63, 3.8) is 0 Å². The molecule has 19 heavy (non-hydrogen) atoms. The number of ether oxygens (including phenoxy) is 1. The van der Waals surface area contributed by atoms with Gasteiger partial charge in [0.25, 0.3) is 0 Å². The zero-order valence-corrected chi connectivity index (χ0v) is 12.4. The van der Waals surface area contributed by atoms with Gasteiger partial charge in [0.15, 0.2) is 0 Å². The fourth-order valence-corrected chi connectivity index (χ4v) is 3.18. The van der Waals surface area contributed by atoms with Crippen molar-refractivity contribution in [2.75, 3.05) is 7.11 Å². The maximum absolute atomic E-state index is 6.48. The van der Waals surface area contributed by atoms with E-state index >= 15 is 0 Å². The van der Waals surface area contributed by atoms with Gasteiger partial charge in [-0.25, -0.2) is 4.98 Å². The SMILES string of the molecule is CCn1ccnc1CC(N)C1(OC)CCC(C)CC1. The molecule has 1 unspecified atom stereocenters. The lowest BCUT2D eigenvalue weighted by molar-refractivity contribution is -0.0663. The lowest BCUT2D eigenvalue weighted by atomic mass is 9.74. The molecular formula is C15H27N3O. The Morgan fingerprint density at radius 3 is 2.79 bits per heavy atom. The van der Waals surface area contributed by atoms with Crippen molar-refractivity contribution in [2.45, 2.75) is 64.1 Å². The summed E-state index contributed by atoms with van der Waals surface area (Å²) in [4.78, 5) is 4.43. The smallest absolute Gasteiger partial charge is 0.110 e. The first kappa shape index (κ1) is 14.5. The minimum atomic E-state index is -0.156. The molecule has 0 aromatic carbocycles. The van der Waals surface area contributed by atoms with E-state index in [1.165, 1.54) is 12.8 Å². The van der Waals surface area contributed by atoms with E-state index < -0.39 is 0 Å². The molecule has 1 aliphatic carbocycles. The number of rotatable bonds is 5. The third-order valence-corrected chi connectivity index (χ3v) is 4.75. The summed E-state index contributed by atoms with van der Waals surface area (Å²) < 4.78 is 8.01. The van der Waals surface area contributed by atoms with Crippen LogP contribution < -0.4 is 5.73 Å². The Bertz CT molecular complexity index is 394. The Hall–Kier alpha value is -0.870. The molecule has 0 saturated heterocycles. The highest BCUT2D eigenvalue weighted by molar-refractivity contribution is 5.02. The highest BCUT2D eigenvalue weighted by atomic mass is 16.5. The number of nitrogens with two attached hydrogens (primary N) is 1. The second kappa shape index (κ2) is 6.06. The number of hydrogen-bond donors (Lipinski definition) is 1. The molecule has 2 N–H and O–H groups in total. The lowest BCUT2D eigenvalue weighted by Gasteiger charge is -2.42. The van der Waals surface area contributed by atoms with Crippen molar-refractivity contribution < 1.29 is 4.74 Å². The highest BCUT2D eigenvalue weighted by Gasteiger charge is 2.40. The number of nitrogens with zero attached hydrogens (tertiary/aromatic N) is 2. The van der Waals surface area contributed by atoms with Crippen molar-refractivity contribution >= 4 is 0 Å². The van der Waals surface area contributed by atoms with Crippen LogP contribution in [0.25, 0.3) is 0 Å². The van der Waals surface area contributed by atoms with E-state index in [0.29, 0.717) is 0 Å². The molecule has 1 aromatic heterocycles. The summed E-state index contributed by atoms with van der Waals surface area (Å²) in [6, 6.07) is 0.0256. The van der Waals surface area contributed by atoms with Crippen LogP contribution in [0.15, 0.2) is 12.4 Å². The van der Waals surface area contributed by atoms with Gasteiger partial charge in [-0.1, -0.05) is 6.92 Å². The third kappa shape index (κ3) is 3.00. The van der Waals surface area contributed by atoms with E-state index in [0.717, 1.165) is 37.5 Å². The fourth-order valence-electron chi connectivity index (χ4n) is 3.18. The first-order valence-corrected chi connectivity index (χ1v) is 7.42. The molecule has 0 amide bonds. The van der Waals surface area contributed by atoms with Crippen molar-refractivity contribution in [1.82, 2.24) is 9.55 Å². The van der Waals surface area contributed by atoms with Gasteiger partial charge < -0.3 is 15.0 Å². The van der Waals surface area contributed by atoms with Gasteiger partial charge in [0, 0.05) is 38.5 Å². The van der Waals surface area contributed by atoms with E-state index in [9.17, 15) is 0 Å². The lowest BCUT2D eigenvalue weighted by Crippen LogP contribution is -2.53. The molecule has 1 saturated carbocycles. The Balaban J connectivity index is 2.07. The summed E-state index contributed by atoms with van der Waals surface area (Å²) in [5, 5.41) is 0. The van der Waals surface area contributed by atoms with Gasteiger partial charge in [0.1, 0.15) is 5.82 Å². The minimum Gasteiger partial charge on any atom is -0.377 e. The van der Waals surface area contributed by atoms with Crippen molar-refractivity contribution in [1.29, 1.82) is 0 Å². The van der Waals surface area contributed by atoms with E-state index in [2.05, 4.69) is 23.4 Å². The zero-order valence-electron chi connectivity index (χ0n) is 12.4. The molecule has 0 aliphatic heterocycles. The summed E-state index contributed by atoms with van der Waals surface area (Å²) in [5.41, 5.74) is 6.32. The average molecular weight is 265 g/mol. The summed E-state index contributed by atoms with van der Waals surface area (Å²) in [6.07, 6.45) is 9.23. The van der Waals surface area contributed by atoms with Crippen LogP contribution in [0.1, 0.15) is 45.4 Å². The normalized spacial score (nSPS) is 29.4. The molecule has 108 valence electrons. The first-order chi connectivity index (χ1) is 9.11. The molecular weight excluding hydrogens is 238 g/mol. The number of methoxy groups -OCH3 is 1. The summed E-state index contributed by atoms with van der Waals surface area (Å²) in [6.45, 7) is 5.39. The molecule has 1 aromatic rings. The van der Waals surface area contributed by atoms with Crippen LogP contribution >= 0.6 is 0 Å². The van der Waals surface area contributed by atoms with Crippen molar-refractivity contribution in [3.05, 3.63) is 18.2 Å². The van der Waals surface area contributed by atoms with Gasteiger partial charge in [-0.3, -0.25) is 0 Å². The number of aromatic nitrogens is 2. The van der Waals surface area contributed by atoms with Crippen LogP contribution in [-0.4, -0.2) is 28.3 Å². The van der Waals surface area contributed by atoms with Gasteiger partial charge >= 0.3 is 0 Å². The van der Waals surface area contributed by atoms with Gasteiger partial charge in [-0.2, -0.15) is 0 Å². The topological polar surface area (TPSA) is 53.1 Å². The number of aryl methyl sites for hydroxylation is 1. The van der Waals surface area contributed by atoms with E-state index in [4.69, 9.17) is 10.5 Å². The van der Waals surface area contributed by atoms with Gasteiger partial charge in [0.05, 0.1) is 5.60 Å². The Morgan fingerprint density at radius 2 is 2.21 bits per heavy atom. The van der Waals surface area contributed by atoms with Crippen LogP contribution in [0.4, 0.5) is 0 Å². The van der Waals surface area contributed by atoms with E-state index in [1.807, 2.05) is 19.5 Å². The fraction of sp³-hybridized carbons (Fsp3) is 0.800. The van der Waals surface area contributed by atoms with Crippen LogP contribution in [0.2, 0.25) is 0 Å². The Morgan fingerprint density at radius 1 is 1.53 bits per heavy atom. The molecule has 1 atom stereocenters. The van der Waals surface area contributed by atoms with Gasteiger partial charge in [0.2, 0.25) is 0 Å². The Kier molecular flexibility index (Phi) is 4.63. The highest BCUT2D eigenvalue weighted by Crippen LogP contribution is 2.36. The molecule has 1 aliphatic rings. The maximum Gasteiger partial charge on any atom is 0.110 e. The summed E-state index contributed by atoms with van der Waals surface area (Å²) >= 11 is 0. The molecule has 0 radical (unpaired) electrons. The number of imidazole rings is 1. The second-order valence-electron chi connectivity index (χ2n) is 5.89. The molecule has 1 heterocycles. The maximum atomic E-state index is 6.48. The summed E-state index contributed by atoms with van der Waals surface area (Å²) in [7, 11) is 1.81. The standard InChI is InChI=1S/C15H27N3O/c1-4-18-10-9-17-14(18)11-13(16)15(19-3)7-5-12(2)6-8-15/h9-10,12-13H,4-8,11,16H2,1-3H3. The van der Waals surface area contributed by atoms with Crippen molar-refractivity contribution in [3.8, 4) is 0 Å². The predicted molar refractivity (Wildman–Crippen MR) is 77.0 cm³/mol.